The fraction of sp³-hybridized carbons (Fsp3) is 0.150. The van der Waals surface area contributed by atoms with E-state index in [1.54, 1.807) is 37.3 Å². The highest BCUT2D eigenvalue weighted by atomic mass is 16.6. The average molecular weight is 410 g/mol. The third-order valence-corrected chi connectivity index (χ3v) is 4.35. The number of carboxylic acids is 1. The summed E-state index contributed by atoms with van der Waals surface area (Å²) >= 11 is 0. The van der Waals surface area contributed by atoms with E-state index in [1.165, 1.54) is 25.4 Å². The van der Waals surface area contributed by atoms with Gasteiger partial charge in [0.1, 0.15) is 12.4 Å². The number of aromatic carboxylic acids is 1. The number of ether oxygens (including phenoxy) is 1. The maximum Gasteiger partial charge on any atom is 0.356 e. The van der Waals surface area contributed by atoms with Gasteiger partial charge in [-0.15, -0.1) is 0 Å². The predicted molar refractivity (Wildman–Crippen MR) is 107 cm³/mol. The van der Waals surface area contributed by atoms with Crippen LogP contribution in [0.4, 0.5) is 11.4 Å². The number of hydrogen-bond acceptors (Lipinski definition) is 6. The lowest BCUT2D eigenvalue weighted by Crippen LogP contribution is -2.15. The van der Waals surface area contributed by atoms with E-state index in [1.807, 2.05) is 0 Å². The summed E-state index contributed by atoms with van der Waals surface area (Å²) in [7, 11) is 1.47. The van der Waals surface area contributed by atoms with Crippen molar-refractivity contribution in [1.29, 1.82) is 0 Å². The molecule has 0 aliphatic carbocycles. The molecule has 0 saturated heterocycles. The van der Waals surface area contributed by atoms with E-state index in [9.17, 15) is 24.8 Å². The second kappa shape index (κ2) is 8.43. The molecule has 0 aliphatic heterocycles. The Bertz CT molecular complexity index is 1140. The number of nitro groups is 1. The summed E-state index contributed by atoms with van der Waals surface area (Å²) in [6.45, 7) is 1.77. The Labute approximate surface area is 170 Å². The standard InChI is InChI=1S/C20H18N4O6/c1-12-8-15(6-7-17(12)24(28)29)30-11-13-4-3-5-14(9-13)19(25)22-16-10-21-23(2)18(16)20(26)27/h3-10H,11H2,1-2H3,(H,22,25)(H,26,27). The van der Waals surface area contributed by atoms with Crippen LogP contribution in [0.5, 0.6) is 5.75 Å². The topological polar surface area (TPSA) is 137 Å². The second-order valence-electron chi connectivity index (χ2n) is 6.48. The van der Waals surface area contributed by atoms with Crippen LogP contribution >= 0.6 is 0 Å². The van der Waals surface area contributed by atoms with Gasteiger partial charge in [0.25, 0.3) is 11.6 Å². The number of carboxylic acid groups (broad SMARTS) is 1. The predicted octanol–water partition coefficient (Wildman–Crippen LogP) is 3.17. The molecule has 3 aromatic rings. The Kier molecular flexibility index (Phi) is 5.77. The molecule has 2 N–H and O–H groups in total. The molecule has 0 fully saturated rings. The minimum absolute atomic E-state index is 0.0113. The Morgan fingerprint density at radius 3 is 2.70 bits per heavy atom. The van der Waals surface area contributed by atoms with Crippen molar-refractivity contribution < 1.29 is 24.4 Å². The van der Waals surface area contributed by atoms with Gasteiger partial charge in [0.2, 0.25) is 0 Å². The number of hydrogen-bond donors (Lipinski definition) is 2. The number of aryl methyl sites for hydroxylation is 2. The van der Waals surface area contributed by atoms with Crippen molar-refractivity contribution in [2.24, 2.45) is 7.05 Å². The maximum absolute atomic E-state index is 12.5. The molecule has 0 saturated carbocycles. The molecule has 0 aliphatic rings. The Morgan fingerprint density at radius 2 is 2.03 bits per heavy atom. The van der Waals surface area contributed by atoms with Crippen molar-refractivity contribution in [3.63, 3.8) is 0 Å². The van der Waals surface area contributed by atoms with Crippen LogP contribution < -0.4 is 10.1 Å². The van der Waals surface area contributed by atoms with Gasteiger partial charge in [-0.1, -0.05) is 12.1 Å². The molecule has 0 atom stereocenters. The summed E-state index contributed by atoms with van der Waals surface area (Å²) in [6, 6.07) is 11.1. The maximum atomic E-state index is 12.5. The van der Waals surface area contributed by atoms with E-state index < -0.39 is 16.8 Å². The normalized spacial score (nSPS) is 10.5. The fourth-order valence-corrected chi connectivity index (χ4v) is 2.87. The highest BCUT2D eigenvalue weighted by molar-refractivity contribution is 6.07. The molecule has 0 bridgehead atoms. The van der Waals surface area contributed by atoms with Crippen LogP contribution in [-0.2, 0) is 13.7 Å². The molecule has 10 heteroatoms. The number of aromatic nitrogens is 2. The van der Waals surface area contributed by atoms with Gasteiger partial charge in [-0.05, 0) is 36.8 Å². The lowest BCUT2D eigenvalue weighted by molar-refractivity contribution is -0.385. The Hall–Kier alpha value is -4.21. The first-order chi connectivity index (χ1) is 14.3. The van der Waals surface area contributed by atoms with Gasteiger partial charge in [0, 0.05) is 24.2 Å². The van der Waals surface area contributed by atoms with Crippen molar-refractivity contribution in [2.45, 2.75) is 13.5 Å². The van der Waals surface area contributed by atoms with Gasteiger partial charge in [0.15, 0.2) is 5.69 Å². The number of carbonyl (C=O) groups is 2. The number of amides is 1. The molecule has 0 spiro atoms. The van der Waals surface area contributed by atoms with Crippen LogP contribution in [0.25, 0.3) is 0 Å². The molecular formula is C20H18N4O6. The van der Waals surface area contributed by atoms with E-state index in [-0.39, 0.29) is 23.7 Å². The third-order valence-electron chi connectivity index (χ3n) is 4.35. The fourth-order valence-electron chi connectivity index (χ4n) is 2.87. The second-order valence-corrected chi connectivity index (χ2v) is 6.48. The molecule has 1 heterocycles. The number of carbonyl (C=O) groups excluding carboxylic acids is 1. The average Bonchev–Trinajstić information content (AvgIpc) is 3.06. The highest BCUT2D eigenvalue weighted by Gasteiger charge is 2.18. The molecule has 30 heavy (non-hydrogen) atoms. The number of benzene rings is 2. The van der Waals surface area contributed by atoms with E-state index in [0.29, 0.717) is 22.4 Å². The zero-order valence-corrected chi connectivity index (χ0v) is 16.2. The molecule has 1 amide bonds. The first-order valence-corrected chi connectivity index (χ1v) is 8.79. The number of nitrogens with one attached hydrogen (secondary N) is 1. The van der Waals surface area contributed by atoms with Gasteiger partial charge in [0.05, 0.1) is 16.8 Å². The van der Waals surface area contributed by atoms with Crippen molar-refractivity contribution >= 4 is 23.3 Å². The first-order valence-electron chi connectivity index (χ1n) is 8.79. The van der Waals surface area contributed by atoms with Crippen LogP contribution in [0.2, 0.25) is 0 Å². The molecule has 10 nitrogen and oxygen atoms in total. The summed E-state index contributed by atoms with van der Waals surface area (Å²) in [5.41, 5.74) is 1.47. The number of nitro benzene ring substituents is 1. The zero-order chi connectivity index (χ0) is 21.8. The Balaban J connectivity index is 1.70. The van der Waals surface area contributed by atoms with Crippen molar-refractivity contribution in [3.8, 4) is 5.75 Å². The molecule has 3 rings (SSSR count). The van der Waals surface area contributed by atoms with E-state index in [0.717, 1.165) is 4.68 Å². The van der Waals surface area contributed by atoms with Crippen LogP contribution in [0.3, 0.4) is 0 Å². The first kappa shape index (κ1) is 20.5. The van der Waals surface area contributed by atoms with Crippen LogP contribution in [0.1, 0.15) is 32.0 Å². The number of anilines is 1. The number of rotatable bonds is 7. The summed E-state index contributed by atoms with van der Waals surface area (Å²) in [5, 5.41) is 26.5. The summed E-state index contributed by atoms with van der Waals surface area (Å²) in [6.07, 6.45) is 1.27. The van der Waals surface area contributed by atoms with Gasteiger partial charge < -0.3 is 15.2 Å². The minimum Gasteiger partial charge on any atom is -0.489 e. The van der Waals surface area contributed by atoms with Crippen molar-refractivity contribution in [2.75, 3.05) is 5.32 Å². The molecule has 154 valence electrons. The van der Waals surface area contributed by atoms with Crippen LogP contribution in [0, 0.1) is 17.0 Å². The van der Waals surface area contributed by atoms with Crippen molar-refractivity contribution in [1.82, 2.24) is 9.78 Å². The molecule has 0 radical (unpaired) electrons. The van der Waals surface area contributed by atoms with E-state index >= 15 is 0 Å². The minimum atomic E-state index is -1.20. The smallest absolute Gasteiger partial charge is 0.356 e. The van der Waals surface area contributed by atoms with E-state index in [4.69, 9.17) is 4.74 Å². The lowest BCUT2D eigenvalue weighted by Gasteiger charge is -2.09. The van der Waals surface area contributed by atoms with Crippen LogP contribution in [0.15, 0.2) is 48.7 Å². The number of nitrogens with zero attached hydrogens (tertiary/aromatic N) is 3. The van der Waals surface area contributed by atoms with Gasteiger partial charge in [-0.25, -0.2) is 4.79 Å². The molecule has 0 unspecified atom stereocenters. The Morgan fingerprint density at radius 1 is 1.27 bits per heavy atom. The molecule has 1 aromatic heterocycles. The quantitative estimate of drug-likeness (QED) is 0.451. The molecule has 2 aromatic carbocycles. The zero-order valence-electron chi connectivity index (χ0n) is 16.2. The summed E-state index contributed by atoms with van der Waals surface area (Å²) < 4.78 is 6.83. The largest absolute Gasteiger partial charge is 0.489 e. The third kappa shape index (κ3) is 4.43. The van der Waals surface area contributed by atoms with E-state index in [2.05, 4.69) is 10.4 Å². The highest BCUT2D eigenvalue weighted by Crippen LogP contribution is 2.24. The van der Waals surface area contributed by atoms with Crippen molar-refractivity contribution in [3.05, 3.63) is 81.2 Å². The monoisotopic (exact) mass is 410 g/mol. The molecular weight excluding hydrogens is 392 g/mol. The summed E-state index contributed by atoms with van der Waals surface area (Å²) in [4.78, 5) is 34.3. The van der Waals surface area contributed by atoms with Gasteiger partial charge in [-0.3, -0.25) is 19.6 Å². The van der Waals surface area contributed by atoms with Gasteiger partial charge >= 0.3 is 5.97 Å². The SMILES string of the molecule is Cc1cc(OCc2cccc(C(=O)Nc3cnn(C)c3C(=O)O)c2)ccc1[N+](=O)[O-]. The summed E-state index contributed by atoms with van der Waals surface area (Å²) in [5.74, 6) is -1.22. The van der Waals surface area contributed by atoms with Gasteiger partial charge in [-0.2, -0.15) is 5.10 Å². The van der Waals surface area contributed by atoms with Crippen LogP contribution in [-0.4, -0.2) is 31.7 Å². The lowest BCUT2D eigenvalue weighted by atomic mass is 10.1.